The summed E-state index contributed by atoms with van der Waals surface area (Å²) in [7, 11) is 0. The van der Waals surface area contributed by atoms with Crippen molar-refractivity contribution in [2.75, 3.05) is 6.61 Å². The third kappa shape index (κ3) is 3.01. The van der Waals surface area contributed by atoms with E-state index in [0.29, 0.717) is 0 Å². The number of hydrogen-bond acceptors (Lipinski definition) is 3. The Balaban J connectivity index is 2.53. The summed E-state index contributed by atoms with van der Waals surface area (Å²) in [6.45, 7) is -0.521. The van der Waals surface area contributed by atoms with Crippen LogP contribution in [0.4, 0.5) is 8.78 Å². The minimum absolute atomic E-state index is 0.0882. The Labute approximate surface area is 124 Å². The van der Waals surface area contributed by atoms with Crippen LogP contribution in [0.1, 0.15) is 27.5 Å². The molecule has 0 saturated carbocycles. The molecule has 1 heterocycles. The second-order valence-electron chi connectivity index (χ2n) is 4.33. The summed E-state index contributed by atoms with van der Waals surface area (Å²) in [5, 5.41) is 9.38. The van der Waals surface area contributed by atoms with Crippen molar-refractivity contribution in [2.24, 2.45) is 5.73 Å². The number of halogens is 3. The minimum atomic E-state index is -0.949. The molecule has 0 aliphatic heterocycles. The van der Waals surface area contributed by atoms with E-state index < -0.39 is 30.1 Å². The highest BCUT2D eigenvalue weighted by Gasteiger charge is 2.23. The molecule has 7 heteroatoms. The number of amides is 1. The monoisotopic (exact) mass is 312 g/mol. The molecular weight excluding hydrogens is 302 g/mol. The number of benzene rings is 1. The zero-order valence-corrected chi connectivity index (χ0v) is 11.4. The summed E-state index contributed by atoms with van der Waals surface area (Å²) < 4.78 is 27.7. The lowest BCUT2D eigenvalue weighted by molar-refractivity contribution is 0.0995. The first-order valence-corrected chi connectivity index (χ1v) is 6.33. The molecule has 0 aliphatic carbocycles. The fraction of sp³-hybridized carbons (Fsp3) is 0.143. The van der Waals surface area contributed by atoms with Gasteiger partial charge in [0.1, 0.15) is 5.82 Å². The van der Waals surface area contributed by atoms with Crippen molar-refractivity contribution in [3.8, 4) is 0 Å². The summed E-state index contributed by atoms with van der Waals surface area (Å²) in [4.78, 5) is 15.0. The van der Waals surface area contributed by atoms with Crippen LogP contribution in [0.25, 0.3) is 0 Å². The number of carbonyl (C=O) groups is 1. The van der Waals surface area contributed by atoms with Gasteiger partial charge in [0, 0.05) is 6.20 Å². The maximum atomic E-state index is 14.2. The van der Waals surface area contributed by atoms with E-state index >= 15 is 0 Å². The molecule has 110 valence electrons. The minimum Gasteiger partial charge on any atom is -0.395 e. The lowest BCUT2D eigenvalue weighted by Gasteiger charge is -2.16. The Morgan fingerprint density at radius 3 is 2.67 bits per heavy atom. The first kappa shape index (κ1) is 15.3. The van der Waals surface area contributed by atoms with Gasteiger partial charge in [-0.2, -0.15) is 0 Å². The number of pyridine rings is 1. The van der Waals surface area contributed by atoms with E-state index in [1.54, 1.807) is 0 Å². The van der Waals surface area contributed by atoms with Crippen molar-refractivity contribution in [3.05, 3.63) is 63.9 Å². The number of rotatable bonds is 4. The molecule has 0 spiro atoms. The lowest BCUT2D eigenvalue weighted by atomic mass is 9.94. The lowest BCUT2D eigenvalue weighted by Crippen LogP contribution is -2.18. The molecule has 0 fully saturated rings. The molecule has 1 aromatic carbocycles. The quantitative estimate of drug-likeness (QED) is 0.909. The Bertz CT molecular complexity index is 695. The molecular formula is C14H11ClF2N2O2. The normalized spacial score (nSPS) is 12.2. The van der Waals surface area contributed by atoms with Crippen LogP contribution in [0.2, 0.25) is 5.02 Å². The molecule has 0 bridgehead atoms. The average molecular weight is 313 g/mol. The van der Waals surface area contributed by atoms with Crippen molar-refractivity contribution in [3.63, 3.8) is 0 Å². The van der Waals surface area contributed by atoms with E-state index in [1.807, 2.05) is 0 Å². The van der Waals surface area contributed by atoms with Crippen molar-refractivity contribution in [2.45, 2.75) is 5.92 Å². The molecule has 2 rings (SSSR count). The van der Waals surface area contributed by atoms with Gasteiger partial charge < -0.3 is 10.8 Å². The van der Waals surface area contributed by atoms with Gasteiger partial charge in [-0.3, -0.25) is 9.78 Å². The molecule has 1 unspecified atom stereocenters. The number of aromatic nitrogens is 1. The van der Waals surface area contributed by atoms with Crippen LogP contribution in [-0.4, -0.2) is 22.6 Å². The third-order valence-electron chi connectivity index (χ3n) is 3.04. The van der Waals surface area contributed by atoms with Crippen LogP contribution in [-0.2, 0) is 0 Å². The molecule has 1 amide bonds. The van der Waals surface area contributed by atoms with Gasteiger partial charge in [0.05, 0.1) is 28.8 Å². The number of primary amides is 1. The summed E-state index contributed by atoms with van der Waals surface area (Å²) in [5.74, 6) is -3.51. The van der Waals surface area contributed by atoms with Crippen LogP contribution in [0, 0.1) is 11.6 Å². The zero-order valence-electron chi connectivity index (χ0n) is 10.7. The smallest absolute Gasteiger partial charge is 0.251 e. The van der Waals surface area contributed by atoms with E-state index in [2.05, 4.69) is 4.98 Å². The third-order valence-corrected chi connectivity index (χ3v) is 3.35. The summed E-state index contributed by atoms with van der Waals surface area (Å²) in [6, 6.07) is 4.97. The fourth-order valence-corrected chi connectivity index (χ4v) is 2.09. The second-order valence-corrected chi connectivity index (χ2v) is 4.74. The van der Waals surface area contributed by atoms with Gasteiger partial charge in [-0.15, -0.1) is 0 Å². The zero-order chi connectivity index (χ0) is 15.6. The molecule has 2 aromatic rings. The van der Waals surface area contributed by atoms with Crippen LogP contribution < -0.4 is 5.73 Å². The van der Waals surface area contributed by atoms with Gasteiger partial charge in [0.15, 0.2) is 5.82 Å². The summed E-state index contributed by atoms with van der Waals surface area (Å²) >= 11 is 5.58. The van der Waals surface area contributed by atoms with Gasteiger partial charge in [0.25, 0.3) is 5.91 Å². The predicted molar refractivity (Wildman–Crippen MR) is 73.1 cm³/mol. The Kier molecular flexibility index (Phi) is 4.50. The van der Waals surface area contributed by atoms with E-state index in [-0.39, 0.29) is 21.8 Å². The van der Waals surface area contributed by atoms with Crippen molar-refractivity contribution < 1.29 is 18.7 Å². The molecule has 1 atom stereocenters. The Morgan fingerprint density at radius 1 is 1.38 bits per heavy atom. The maximum Gasteiger partial charge on any atom is 0.251 e. The number of nitrogens with zero attached hydrogens (tertiary/aromatic N) is 1. The molecule has 0 aliphatic rings. The average Bonchev–Trinajstić information content (AvgIpc) is 2.45. The SMILES string of the molecule is NC(=O)c1ccnc(C(CO)c2ccc(Cl)c(F)c2)c1F. The summed E-state index contributed by atoms with van der Waals surface area (Å²) in [6.07, 6.45) is 1.20. The topological polar surface area (TPSA) is 76.2 Å². The number of aliphatic hydroxyl groups excluding tert-OH is 1. The molecule has 21 heavy (non-hydrogen) atoms. The van der Waals surface area contributed by atoms with E-state index in [9.17, 15) is 18.7 Å². The van der Waals surface area contributed by atoms with Crippen LogP contribution in [0.5, 0.6) is 0 Å². The Hall–Kier alpha value is -2.05. The second kappa shape index (κ2) is 6.15. The highest BCUT2D eigenvalue weighted by molar-refractivity contribution is 6.30. The van der Waals surface area contributed by atoms with E-state index in [4.69, 9.17) is 17.3 Å². The molecule has 4 nitrogen and oxygen atoms in total. The van der Waals surface area contributed by atoms with Crippen LogP contribution in [0.15, 0.2) is 30.5 Å². The van der Waals surface area contributed by atoms with Crippen LogP contribution >= 0.6 is 11.6 Å². The highest BCUT2D eigenvalue weighted by Crippen LogP contribution is 2.28. The number of hydrogen-bond donors (Lipinski definition) is 2. The Morgan fingerprint density at radius 2 is 2.10 bits per heavy atom. The van der Waals surface area contributed by atoms with Crippen molar-refractivity contribution >= 4 is 17.5 Å². The molecule has 0 radical (unpaired) electrons. The summed E-state index contributed by atoms with van der Waals surface area (Å²) in [5.41, 5.74) is 4.82. The van der Waals surface area contributed by atoms with Gasteiger partial charge in [-0.1, -0.05) is 17.7 Å². The fourth-order valence-electron chi connectivity index (χ4n) is 1.97. The molecule has 1 aromatic heterocycles. The number of carbonyl (C=O) groups excluding carboxylic acids is 1. The first-order valence-electron chi connectivity index (χ1n) is 5.95. The van der Waals surface area contributed by atoms with Crippen molar-refractivity contribution in [1.82, 2.24) is 4.98 Å². The standard InChI is InChI=1S/C14H11ClF2N2O2/c15-10-2-1-7(5-11(10)16)9(6-20)13-12(17)8(14(18)21)3-4-19-13/h1-5,9,20H,6H2,(H2,18,21). The van der Waals surface area contributed by atoms with Gasteiger partial charge in [0.2, 0.25) is 0 Å². The first-order chi connectivity index (χ1) is 9.95. The maximum absolute atomic E-state index is 14.2. The van der Waals surface area contributed by atoms with Gasteiger partial charge in [-0.25, -0.2) is 8.78 Å². The number of nitrogens with two attached hydrogens (primary N) is 1. The largest absolute Gasteiger partial charge is 0.395 e. The molecule has 0 saturated heterocycles. The van der Waals surface area contributed by atoms with Gasteiger partial charge >= 0.3 is 0 Å². The predicted octanol–water partition coefficient (Wildman–Crippen LogP) is 2.24. The van der Waals surface area contributed by atoms with E-state index in [1.165, 1.54) is 18.3 Å². The van der Waals surface area contributed by atoms with Crippen LogP contribution in [0.3, 0.4) is 0 Å². The molecule has 3 N–H and O–H groups in total. The van der Waals surface area contributed by atoms with E-state index in [0.717, 1.165) is 12.1 Å². The number of aliphatic hydroxyl groups is 1. The van der Waals surface area contributed by atoms with Crippen molar-refractivity contribution in [1.29, 1.82) is 0 Å². The van der Waals surface area contributed by atoms with Gasteiger partial charge in [-0.05, 0) is 23.8 Å². The highest BCUT2D eigenvalue weighted by atomic mass is 35.5.